The first-order valence-electron chi connectivity index (χ1n) is 9.63. The standard InChI is InChI=1S/C22H23F3N2O2/c23-22(24,25)19-9-5-4-8-18(19)21(29)27-14-12-17(13-15-27)26-20(28)11-10-16-6-2-1-3-7-16/h1-9,17H,10-15H2,(H,26,28). The van der Waals surface area contributed by atoms with E-state index in [0.717, 1.165) is 11.6 Å². The topological polar surface area (TPSA) is 49.4 Å². The van der Waals surface area contributed by atoms with E-state index in [0.29, 0.717) is 38.8 Å². The van der Waals surface area contributed by atoms with Crippen molar-refractivity contribution in [1.82, 2.24) is 10.2 Å². The van der Waals surface area contributed by atoms with Gasteiger partial charge < -0.3 is 10.2 Å². The van der Waals surface area contributed by atoms with Crippen LogP contribution in [-0.4, -0.2) is 35.8 Å². The van der Waals surface area contributed by atoms with Gasteiger partial charge in [0.1, 0.15) is 0 Å². The first-order chi connectivity index (χ1) is 13.8. The summed E-state index contributed by atoms with van der Waals surface area (Å²) in [5.41, 5.74) is -0.155. The Bertz CT molecular complexity index is 845. The average molecular weight is 404 g/mol. The minimum atomic E-state index is -4.57. The molecule has 2 aromatic carbocycles. The lowest BCUT2D eigenvalue weighted by Crippen LogP contribution is -2.46. The Morgan fingerprint density at radius 2 is 1.59 bits per heavy atom. The van der Waals surface area contributed by atoms with Gasteiger partial charge in [-0.3, -0.25) is 9.59 Å². The number of halogens is 3. The fourth-order valence-corrected chi connectivity index (χ4v) is 3.52. The normalized spacial score (nSPS) is 15.2. The SMILES string of the molecule is O=C(CCc1ccccc1)NC1CCN(C(=O)c2ccccc2C(F)(F)F)CC1. The minimum Gasteiger partial charge on any atom is -0.353 e. The zero-order valence-corrected chi connectivity index (χ0v) is 15.9. The molecule has 29 heavy (non-hydrogen) atoms. The number of aryl methyl sites for hydroxylation is 1. The lowest BCUT2D eigenvalue weighted by molar-refractivity contribution is -0.138. The Morgan fingerprint density at radius 1 is 0.966 bits per heavy atom. The fourth-order valence-electron chi connectivity index (χ4n) is 3.52. The highest BCUT2D eigenvalue weighted by atomic mass is 19.4. The van der Waals surface area contributed by atoms with Crippen molar-refractivity contribution in [3.8, 4) is 0 Å². The molecule has 0 spiro atoms. The number of carbonyl (C=O) groups excluding carboxylic acids is 2. The monoisotopic (exact) mass is 404 g/mol. The number of alkyl halides is 3. The van der Waals surface area contributed by atoms with Gasteiger partial charge in [0.2, 0.25) is 5.91 Å². The Morgan fingerprint density at radius 3 is 2.24 bits per heavy atom. The summed E-state index contributed by atoms with van der Waals surface area (Å²) in [6.45, 7) is 0.628. The Hall–Kier alpha value is -2.83. The highest BCUT2D eigenvalue weighted by molar-refractivity contribution is 5.96. The van der Waals surface area contributed by atoms with Crippen LogP contribution in [0.15, 0.2) is 54.6 Å². The molecule has 2 aromatic rings. The van der Waals surface area contributed by atoms with Crippen molar-refractivity contribution in [2.45, 2.75) is 37.9 Å². The van der Waals surface area contributed by atoms with Crippen molar-refractivity contribution >= 4 is 11.8 Å². The van der Waals surface area contributed by atoms with E-state index >= 15 is 0 Å². The van der Waals surface area contributed by atoms with Crippen LogP contribution in [-0.2, 0) is 17.4 Å². The molecule has 0 aromatic heterocycles. The smallest absolute Gasteiger partial charge is 0.353 e. The van der Waals surface area contributed by atoms with Crippen molar-refractivity contribution in [2.75, 3.05) is 13.1 Å². The third-order valence-corrected chi connectivity index (χ3v) is 5.09. The lowest BCUT2D eigenvalue weighted by atomic mass is 10.0. The first kappa shape index (κ1) is 20.9. The molecule has 1 heterocycles. The second kappa shape index (κ2) is 9.11. The summed E-state index contributed by atoms with van der Waals surface area (Å²) in [5.74, 6) is -0.673. The van der Waals surface area contributed by atoms with Crippen LogP contribution in [0.4, 0.5) is 13.2 Å². The molecule has 1 aliphatic rings. The van der Waals surface area contributed by atoms with Crippen molar-refractivity contribution in [3.63, 3.8) is 0 Å². The molecule has 0 atom stereocenters. The number of benzene rings is 2. The summed E-state index contributed by atoms with van der Waals surface area (Å²) in [4.78, 5) is 26.2. The quantitative estimate of drug-likeness (QED) is 0.817. The molecule has 2 amide bonds. The molecule has 1 N–H and O–H groups in total. The molecular formula is C22H23F3N2O2. The molecule has 154 valence electrons. The lowest BCUT2D eigenvalue weighted by Gasteiger charge is -2.33. The van der Waals surface area contributed by atoms with Gasteiger partial charge in [-0.25, -0.2) is 0 Å². The van der Waals surface area contributed by atoms with E-state index in [4.69, 9.17) is 0 Å². The summed E-state index contributed by atoms with van der Waals surface area (Å²) < 4.78 is 39.5. The molecule has 1 saturated heterocycles. The van der Waals surface area contributed by atoms with Crippen LogP contribution in [0.1, 0.15) is 40.7 Å². The van der Waals surface area contributed by atoms with Crippen molar-refractivity contribution in [2.24, 2.45) is 0 Å². The predicted molar refractivity (Wildman–Crippen MR) is 103 cm³/mol. The third-order valence-electron chi connectivity index (χ3n) is 5.09. The fraction of sp³-hybridized carbons (Fsp3) is 0.364. The number of nitrogens with zero attached hydrogens (tertiary/aromatic N) is 1. The Balaban J connectivity index is 1.50. The number of hydrogen-bond acceptors (Lipinski definition) is 2. The van der Waals surface area contributed by atoms with Crippen LogP contribution in [0.2, 0.25) is 0 Å². The van der Waals surface area contributed by atoms with Crippen LogP contribution in [0.3, 0.4) is 0 Å². The summed E-state index contributed by atoms with van der Waals surface area (Å²) in [7, 11) is 0. The largest absolute Gasteiger partial charge is 0.417 e. The van der Waals surface area contributed by atoms with E-state index < -0.39 is 17.6 Å². The molecule has 0 radical (unpaired) electrons. The van der Waals surface area contributed by atoms with Gasteiger partial charge in [0.15, 0.2) is 0 Å². The highest BCUT2D eigenvalue weighted by Gasteiger charge is 2.36. The molecular weight excluding hydrogens is 381 g/mol. The summed E-state index contributed by atoms with van der Waals surface area (Å²) in [6, 6.07) is 14.5. The van der Waals surface area contributed by atoms with E-state index in [1.807, 2.05) is 30.3 Å². The number of piperidine rings is 1. The van der Waals surface area contributed by atoms with Crippen molar-refractivity contribution in [1.29, 1.82) is 0 Å². The number of likely N-dealkylation sites (tertiary alicyclic amines) is 1. The predicted octanol–water partition coefficient (Wildman–Crippen LogP) is 4.06. The van der Waals surface area contributed by atoms with Gasteiger partial charge in [0.25, 0.3) is 5.91 Å². The van der Waals surface area contributed by atoms with Crippen LogP contribution in [0.5, 0.6) is 0 Å². The summed E-state index contributed by atoms with van der Waals surface area (Å²) >= 11 is 0. The molecule has 0 unspecified atom stereocenters. The third kappa shape index (κ3) is 5.59. The van der Waals surface area contributed by atoms with E-state index in [-0.39, 0.29) is 17.5 Å². The maximum atomic E-state index is 13.2. The second-order valence-electron chi connectivity index (χ2n) is 7.16. The van der Waals surface area contributed by atoms with Crippen LogP contribution in [0, 0.1) is 0 Å². The van der Waals surface area contributed by atoms with Gasteiger partial charge in [-0.2, -0.15) is 13.2 Å². The number of hydrogen-bond donors (Lipinski definition) is 1. The number of amides is 2. The summed E-state index contributed by atoms with van der Waals surface area (Å²) in [6.07, 6.45) is -2.49. The van der Waals surface area contributed by atoms with Crippen LogP contribution < -0.4 is 5.32 Å². The minimum absolute atomic E-state index is 0.0546. The maximum absolute atomic E-state index is 13.2. The molecule has 4 nitrogen and oxygen atoms in total. The number of nitrogens with one attached hydrogen (secondary N) is 1. The maximum Gasteiger partial charge on any atom is 0.417 e. The average Bonchev–Trinajstić information content (AvgIpc) is 2.72. The second-order valence-corrected chi connectivity index (χ2v) is 7.16. The first-order valence-corrected chi connectivity index (χ1v) is 9.63. The molecule has 1 fully saturated rings. The van der Waals surface area contributed by atoms with E-state index in [1.54, 1.807) is 0 Å². The van der Waals surface area contributed by atoms with E-state index in [1.165, 1.54) is 23.1 Å². The summed E-state index contributed by atoms with van der Waals surface area (Å²) in [5, 5.41) is 2.97. The molecule has 0 aliphatic carbocycles. The zero-order valence-electron chi connectivity index (χ0n) is 15.9. The Kier molecular flexibility index (Phi) is 6.56. The molecule has 3 rings (SSSR count). The van der Waals surface area contributed by atoms with Gasteiger partial charge >= 0.3 is 6.18 Å². The molecule has 1 aliphatic heterocycles. The van der Waals surface area contributed by atoms with Gasteiger partial charge in [-0.05, 0) is 37.0 Å². The molecule has 7 heteroatoms. The van der Waals surface area contributed by atoms with Gasteiger partial charge in [-0.15, -0.1) is 0 Å². The van der Waals surface area contributed by atoms with Crippen LogP contribution in [0.25, 0.3) is 0 Å². The van der Waals surface area contributed by atoms with Gasteiger partial charge in [0, 0.05) is 25.6 Å². The zero-order chi connectivity index (χ0) is 20.9. The van der Waals surface area contributed by atoms with Crippen molar-refractivity contribution < 1.29 is 22.8 Å². The number of rotatable bonds is 5. The van der Waals surface area contributed by atoms with E-state index in [2.05, 4.69) is 5.32 Å². The van der Waals surface area contributed by atoms with E-state index in [9.17, 15) is 22.8 Å². The number of carbonyl (C=O) groups is 2. The highest BCUT2D eigenvalue weighted by Crippen LogP contribution is 2.32. The van der Waals surface area contributed by atoms with Gasteiger partial charge in [0.05, 0.1) is 11.1 Å². The Labute approximate surface area is 167 Å². The van der Waals surface area contributed by atoms with Crippen molar-refractivity contribution in [3.05, 3.63) is 71.3 Å². The molecule has 0 saturated carbocycles. The molecule has 0 bridgehead atoms. The van der Waals surface area contributed by atoms with Gasteiger partial charge in [-0.1, -0.05) is 42.5 Å². The van der Waals surface area contributed by atoms with Crippen LogP contribution >= 0.6 is 0 Å².